The van der Waals surface area contributed by atoms with Crippen molar-refractivity contribution in [1.29, 1.82) is 0 Å². The minimum atomic E-state index is -1.87. The van der Waals surface area contributed by atoms with Gasteiger partial charge in [-0.3, -0.25) is 0 Å². The van der Waals surface area contributed by atoms with Crippen molar-refractivity contribution >= 4 is 61.1 Å². The number of aromatic nitrogens is 6. The summed E-state index contributed by atoms with van der Waals surface area (Å²) in [4.78, 5) is 18.2. The molecule has 1 aliphatic rings. The summed E-state index contributed by atoms with van der Waals surface area (Å²) in [6.45, 7) is 28.5. The lowest BCUT2D eigenvalue weighted by atomic mass is 9.83. The van der Waals surface area contributed by atoms with Crippen LogP contribution in [-0.4, -0.2) is 50.0 Å². The molecule has 0 amide bonds. The monoisotopic (exact) mass is 788 g/mol. The van der Waals surface area contributed by atoms with E-state index in [9.17, 15) is 5.11 Å². The van der Waals surface area contributed by atoms with Crippen molar-refractivity contribution in [3.63, 3.8) is 0 Å². The molecule has 5 rings (SSSR count). The lowest BCUT2D eigenvalue weighted by Crippen LogP contribution is -2.51. The smallest absolute Gasteiger partial charge is 0.171 e. The largest absolute Gasteiger partial charge is 0.386 e. The molecule has 0 aliphatic heterocycles. The molecule has 4 aromatic heterocycles. The first-order valence-corrected chi connectivity index (χ1v) is 23.6. The van der Waals surface area contributed by atoms with Gasteiger partial charge in [-0.2, -0.15) is 0 Å². The number of aliphatic hydroxyl groups excluding tert-OH is 1. The minimum Gasteiger partial charge on any atom is -0.386 e. The Bertz CT molecular complexity index is 1560. The summed E-state index contributed by atoms with van der Waals surface area (Å²) in [5.74, 6) is 0.336. The summed E-state index contributed by atoms with van der Waals surface area (Å²) >= 11 is 2.30. The van der Waals surface area contributed by atoms with Gasteiger partial charge in [-0.15, -0.1) is 0 Å². The van der Waals surface area contributed by atoms with Gasteiger partial charge in [-0.1, -0.05) is 102 Å². The third kappa shape index (κ3) is 6.78. The summed E-state index contributed by atoms with van der Waals surface area (Å²) in [6, 6.07) is 4.34. The van der Waals surface area contributed by atoms with Crippen molar-refractivity contribution < 1.29 is 5.11 Å². The molecular weight excluding hydrogens is 728 g/mol. The highest BCUT2D eigenvalue weighted by Gasteiger charge is 2.47. The molecule has 4 heterocycles. The van der Waals surface area contributed by atoms with E-state index in [0.717, 1.165) is 38.9 Å². The molecule has 47 heavy (non-hydrogen) atoms. The van der Waals surface area contributed by atoms with Crippen LogP contribution >= 0.6 is 22.6 Å². The van der Waals surface area contributed by atoms with E-state index in [-0.39, 0.29) is 0 Å². The molecule has 1 fully saturated rings. The van der Waals surface area contributed by atoms with Gasteiger partial charge in [-0.25, -0.2) is 19.9 Å². The Labute approximate surface area is 300 Å². The number of hydrogen-bond acceptors (Lipinski definition) is 5. The van der Waals surface area contributed by atoms with Crippen molar-refractivity contribution in [1.82, 2.24) is 28.4 Å². The van der Waals surface area contributed by atoms with Gasteiger partial charge in [0.2, 0.25) is 0 Å². The Morgan fingerprint density at radius 3 is 1.47 bits per heavy atom. The van der Waals surface area contributed by atoms with Crippen LogP contribution in [0.2, 0.25) is 33.2 Å². The van der Waals surface area contributed by atoms with Gasteiger partial charge in [-0.05, 0) is 99.1 Å². The van der Waals surface area contributed by atoms with Gasteiger partial charge in [0.15, 0.2) is 16.5 Å². The Kier molecular flexibility index (Phi) is 12.6. The molecule has 0 saturated heterocycles. The van der Waals surface area contributed by atoms with Crippen LogP contribution in [-0.2, 0) is 0 Å². The second kappa shape index (κ2) is 15.5. The van der Waals surface area contributed by atoms with Crippen LogP contribution in [0.15, 0.2) is 37.2 Å². The molecule has 4 aromatic rings. The third-order valence-electron chi connectivity index (χ3n) is 11.7. The van der Waals surface area contributed by atoms with Crippen molar-refractivity contribution in [3.8, 4) is 0 Å². The van der Waals surface area contributed by atoms with Gasteiger partial charge < -0.3 is 13.6 Å². The second-order valence-electron chi connectivity index (χ2n) is 15.8. The summed E-state index contributed by atoms with van der Waals surface area (Å²) in [7, 11) is -3.58. The molecule has 1 unspecified atom stereocenters. The fourth-order valence-corrected chi connectivity index (χ4v) is 23.7. The maximum absolute atomic E-state index is 11.1. The highest BCUT2D eigenvalue weighted by Crippen LogP contribution is 2.46. The molecule has 260 valence electrons. The molecule has 0 aromatic carbocycles. The van der Waals surface area contributed by atoms with Crippen LogP contribution in [0.1, 0.15) is 127 Å². The van der Waals surface area contributed by atoms with Crippen molar-refractivity contribution in [2.75, 3.05) is 0 Å². The van der Waals surface area contributed by atoms with Gasteiger partial charge in [0.1, 0.15) is 27.6 Å². The van der Waals surface area contributed by atoms with E-state index in [0.29, 0.717) is 39.2 Å². The predicted molar refractivity (Wildman–Crippen MR) is 212 cm³/mol. The normalized spacial score (nSPS) is 16.0. The maximum Gasteiger partial charge on any atom is 0.171 e. The first kappa shape index (κ1) is 38.2. The lowest BCUT2D eigenvalue weighted by Gasteiger charge is -2.44. The van der Waals surface area contributed by atoms with Crippen LogP contribution in [0.3, 0.4) is 0 Å². The van der Waals surface area contributed by atoms with E-state index in [1.54, 1.807) is 12.7 Å². The Morgan fingerprint density at radius 2 is 1.02 bits per heavy atom. The van der Waals surface area contributed by atoms with Gasteiger partial charge in [0.05, 0.1) is 17.2 Å². The summed E-state index contributed by atoms with van der Waals surface area (Å²) in [6.07, 6.45) is 13.3. The van der Waals surface area contributed by atoms with Crippen molar-refractivity contribution in [2.45, 2.75) is 155 Å². The fraction of sp³-hybridized carbons (Fsp3) is 0.676. The van der Waals surface area contributed by atoms with Gasteiger partial charge in [0.25, 0.3) is 0 Å². The zero-order valence-corrected chi connectivity index (χ0v) is 35.3. The number of rotatable bonds is 10. The predicted octanol–water partition coefficient (Wildman–Crippen LogP) is 11.1. The van der Waals surface area contributed by atoms with Crippen molar-refractivity contribution in [2.24, 2.45) is 5.92 Å². The van der Waals surface area contributed by atoms with Gasteiger partial charge in [0, 0.05) is 5.39 Å². The molecule has 1 aliphatic carbocycles. The Morgan fingerprint density at radius 1 is 0.617 bits per heavy atom. The quantitative estimate of drug-likeness (QED) is 0.0983. The van der Waals surface area contributed by atoms with E-state index in [4.69, 9.17) is 4.98 Å². The first-order valence-electron chi connectivity index (χ1n) is 18.1. The summed E-state index contributed by atoms with van der Waals surface area (Å²) in [5, 5.41) is 13.3. The Balaban J connectivity index is 0.000000223. The number of fused-ring (bicyclic) bond motifs is 2. The number of hydrogen-bond donors (Lipinski definition) is 1. The van der Waals surface area contributed by atoms with E-state index < -0.39 is 22.6 Å². The molecule has 0 spiro atoms. The number of halogens is 1. The number of nitrogens with zero attached hydrogens (tertiary/aromatic N) is 6. The lowest BCUT2D eigenvalue weighted by molar-refractivity contribution is 0.0824. The van der Waals surface area contributed by atoms with Crippen LogP contribution in [0, 0.1) is 9.62 Å². The number of aliphatic hydroxyl groups is 1. The van der Waals surface area contributed by atoms with E-state index in [2.05, 4.69) is 154 Å². The SMILES string of the molecule is CC(C)[Si](C(C)C)(C(C)C)n1ccc2c(C(O)C3CCCCC3)ncnc21.CC(C)[Si](C(C)C)(C(C)C)n1ccc2c(I)ncnc21. The maximum atomic E-state index is 11.1. The highest BCUT2D eigenvalue weighted by molar-refractivity contribution is 14.1. The summed E-state index contributed by atoms with van der Waals surface area (Å²) in [5.41, 5.74) is 6.82. The summed E-state index contributed by atoms with van der Waals surface area (Å²) < 4.78 is 6.10. The molecule has 1 atom stereocenters. The first-order chi connectivity index (χ1) is 22.1. The standard InChI is InChI=1S/C22H37N3OSi.C15H24IN3Si/c1-15(2)27(16(3)4,17(5)6)25-13-12-19-20(23-14-24-22(19)25)21(26)18-10-8-7-9-11-18;1-10(2)20(11(3)4,12(5)6)19-8-7-13-14(16)17-9-18-15(13)19/h12-18,21,26H,7-11H2,1-6H3;7-12H,1-6H3. The van der Waals surface area contributed by atoms with Crippen LogP contribution in [0.4, 0.5) is 0 Å². The van der Waals surface area contributed by atoms with E-state index in [1.165, 1.54) is 24.6 Å². The molecule has 10 heteroatoms. The zero-order valence-electron chi connectivity index (χ0n) is 31.1. The molecular formula is C37H61IN6OSi2. The molecule has 1 saturated carbocycles. The minimum absolute atomic E-state index is 0.336. The second-order valence-corrected chi connectivity index (χ2v) is 28.3. The average Bonchev–Trinajstić information content (AvgIpc) is 3.63. The molecule has 1 N–H and O–H groups in total. The Hall–Kier alpha value is -1.64. The van der Waals surface area contributed by atoms with Crippen LogP contribution in [0.5, 0.6) is 0 Å². The topological polar surface area (TPSA) is 81.6 Å². The van der Waals surface area contributed by atoms with Crippen molar-refractivity contribution in [3.05, 3.63) is 46.6 Å². The van der Waals surface area contributed by atoms with E-state index >= 15 is 0 Å². The molecule has 0 bridgehead atoms. The van der Waals surface area contributed by atoms with Crippen LogP contribution in [0.25, 0.3) is 22.1 Å². The zero-order chi connectivity index (χ0) is 34.8. The molecule has 7 nitrogen and oxygen atoms in total. The fourth-order valence-electron chi connectivity index (χ4n) is 10.1. The van der Waals surface area contributed by atoms with Crippen LogP contribution < -0.4 is 0 Å². The molecule has 0 radical (unpaired) electrons. The third-order valence-corrected chi connectivity index (χ3v) is 26.1. The van der Waals surface area contributed by atoms with E-state index in [1.807, 2.05) is 0 Å². The average molecular weight is 789 g/mol. The highest BCUT2D eigenvalue weighted by atomic mass is 127. The van der Waals surface area contributed by atoms with Gasteiger partial charge >= 0.3 is 0 Å².